The van der Waals surface area contributed by atoms with Crippen LogP contribution >= 0.6 is 0 Å². The predicted molar refractivity (Wildman–Crippen MR) is 84.5 cm³/mol. The van der Waals surface area contributed by atoms with Gasteiger partial charge in [0.05, 0.1) is 11.4 Å². The van der Waals surface area contributed by atoms with Crippen molar-refractivity contribution in [3.8, 4) is 5.75 Å². The number of hydrogen-bond donors (Lipinski definition) is 2. The Morgan fingerprint density at radius 2 is 1.88 bits per heavy atom. The Morgan fingerprint density at radius 1 is 1.29 bits per heavy atom. The van der Waals surface area contributed by atoms with E-state index in [-0.39, 0.29) is 18.3 Å². The first-order chi connectivity index (χ1) is 11.0. The number of alkyl halides is 3. The van der Waals surface area contributed by atoms with Gasteiger partial charge in [-0.25, -0.2) is 8.42 Å². The summed E-state index contributed by atoms with van der Waals surface area (Å²) < 4.78 is 64.9. The summed E-state index contributed by atoms with van der Waals surface area (Å²) in [5.74, 6) is 0.905. The van der Waals surface area contributed by atoms with Gasteiger partial charge >= 0.3 is 5.51 Å². The SMILES string of the molecule is CC(C)CN=C(N)NCCOc1ccc(S(=O)(=O)C(F)(F)F)cc1. The van der Waals surface area contributed by atoms with Gasteiger partial charge in [0.25, 0.3) is 9.84 Å². The van der Waals surface area contributed by atoms with E-state index < -0.39 is 20.2 Å². The lowest BCUT2D eigenvalue weighted by Gasteiger charge is -2.10. The molecule has 0 aliphatic heterocycles. The van der Waals surface area contributed by atoms with Crippen molar-refractivity contribution in [2.75, 3.05) is 19.7 Å². The highest BCUT2D eigenvalue weighted by Crippen LogP contribution is 2.30. The smallest absolute Gasteiger partial charge is 0.492 e. The maximum Gasteiger partial charge on any atom is 0.501 e. The minimum atomic E-state index is -5.34. The molecular weight excluding hydrogens is 347 g/mol. The summed E-state index contributed by atoms with van der Waals surface area (Å²) in [4.78, 5) is 3.26. The molecule has 3 N–H and O–H groups in total. The Hall–Kier alpha value is -1.97. The van der Waals surface area contributed by atoms with Crippen molar-refractivity contribution in [3.63, 3.8) is 0 Å². The Labute approximate surface area is 138 Å². The van der Waals surface area contributed by atoms with Gasteiger partial charge in [-0.2, -0.15) is 13.2 Å². The number of nitrogens with zero attached hydrogens (tertiary/aromatic N) is 1. The molecule has 1 rings (SSSR count). The molecule has 136 valence electrons. The monoisotopic (exact) mass is 367 g/mol. The zero-order valence-corrected chi connectivity index (χ0v) is 14.1. The van der Waals surface area contributed by atoms with Gasteiger partial charge in [-0.3, -0.25) is 4.99 Å². The minimum absolute atomic E-state index is 0.184. The Balaban J connectivity index is 2.50. The number of nitrogens with one attached hydrogen (secondary N) is 1. The number of hydrogen-bond acceptors (Lipinski definition) is 4. The summed E-state index contributed by atoms with van der Waals surface area (Å²) >= 11 is 0. The maximum atomic E-state index is 12.4. The zero-order chi connectivity index (χ0) is 18.4. The first-order valence-electron chi connectivity index (χ1n) is 7.12. The lowest BCUT2D eigenvalue weighted by Crippen LogP contribution is -2.35. The molecule has 0 radical (unpaired) electrons. The average Bonchev–Trinajstić information content (AvgIpc) is 2.49. The van der Waals surface area contributed by atoms with Crippen LogP contribution in [-0.4, -0.2) is 39.6 Å². The number of rotatable bonds is 7. The molecule has 0 unspecified atom stereocenters. The van der Waals surface area contributed by atoms with Gasteiger partial charge in [0.2, 0.25) is 0 Å². The summed E-state index contributed by atoms with van der Waals surface area (Å²) in [5, 5.41) is 2.82. The first-order valence-corrected chi connectivity index (χ1v) is 8.60. The topological polar surface area (TPSA) is 93.8 Å². The molecule has 0 aliphatic rings. The Bertz CT molecular complexity index is 656. The molecule has 1 aromatic rings. The standard InChI is InChI=1S/C14H20F3N3O3S/c1-10(2)9-20-13(18)19-7-8-23-11-3-5-12(6-4-11)24(21,22)14(15,16)17/h3-6,10H,7-9H2,1-2H3,(H3,18,19,20). The lowest BCUT2D eigenvalue weighted by atomic mass is 10.2. The number of sulfone groups is 1. The van der Waals surface area contributed by atoms with E-state index in [0.29, 0.717) is 19.0 Å². The highest BCUT2D eigenvalue weighted by atomic mass is 32.2. The summed E-state index contributed by atoms with van der Waals surface area (Å²) in [6.45, 7) is 5.12. The van der Waals surface area contributed by atoms with Crippen LogP contribution in [0.3, 0.4) is 0 Å². The van der Waals surface area contributed by atoms with Gasteiger partial charge in [0, 0.05) is 6.54 Å². The molecule has 0 amide bonds. The molecule has 10 heteroatoms. The molecule has 0 atom stereocenters. The first kappa shape index (κ1) is 20.1. The molecule has 0 saturated carbocycles. The van der Waals surface area contributed by atoms with Crippen molar-refractivity contribution in [2.45, 2.75) is 24.3 Å². The van der Waals surface area contributed by atoms with E-state index in [0.717, 1.165) is 24.3 Å². The molecule has 0 fully saturated rings. The molecule has 0 bridgehead atoms. The van der Waals surface area contributed by atoms with Crippen LogP contribution in [0.25, 0.3) is 0 Å². The summed E-state index contributed by atoms with van der Waals surface area (Å²) in [5.41, 5.74) is 0.293. The molecule has 0 saturated heterocycles. The van der Waals surface area contributed by atoms with E-state index in [2.05, 4.69) is 10.3 Å². The molecule has 24 heavy (non-hydrogen) atoms. The van der Waals surface area contributed by atoms with Crippen molar-refractivity contribution < 1.29 is 26.3 Å². The Kier molecular flexibility index (Phi) is 6.88. The molecule has 0 heterocycles. The van der Waals surface area contributed by atoms with Gasteiger partial charge < -0.3 is 15.8 Å². The van der Waals surface area contributed by atoms with Crippen LogP contribution in [0.5, 0.6) is 5.75 Å². The molecular formula is C14H20F3N3O3S. The van der Waals surface area contributed by atoms with Gasteiger partial charge in [-0.1, -0.05) is 13.8 Å². The van der Waals surface area contributed by atoms with Gasteiger partial charge in [-0.05, 0) is 30.2 Å². The summed E-state index contributed by atoms with van der Waals surface area (Å²) in [6, 6.07) is 4.03. The van der Waals surface area contributed by atoms with Crippen LogP contribution in [0.4, 0.5) is 13.2 Å². The van der Waals surface area contributed by atoms with Gasteiger partial charge in [-0.15, -0.1) is 0 Å². The van der Waals surface area contributed by atoms with Crippen LogP contribution in [0.15, 0.2) is 34.2 Å². The average molecular weight is 367 g/mol. The van der Waals surface area contributed by atoms with E-state index >= 15 is 0 Å². The molecule has 0 aliphatic carbocycles. The highest BCUT2D eigenvalue weighted by Gasteiger charge is 2.46. The quantitative estimate of drug-likeness (QED) is 0.436. The van der Waals surface area contributed by atoms with Crippen LogP contribution in [0.2, 0.25) is 0 Å². The zero-order valence-electron chi connectivity index (χ0n) is 13.3. The highest BCUT2D eigenvalue weighted by molar-refractivity contribution is 7.92. The third-order valence-electron chi connectivity index (χ3n) is 2.74. The number of benzene rings is 1. The lowest BCUT2D eigenvalue weighted by molar-refractivity contribution is -0.0436. The largest absolute Gasteiger partial charge is 0.501 e. The van der Waals surface area contributed by atoms with Gasteiger partial charge in [0.15, 0.2) is 5.96 Å². The molecule has 1 aromatic carbocycles. The van der Waals surface area contributed by atoms with Crippen LogP contribution in [0.1, 0.15) is 13.8 Å². The second kappa shape index (κ2) is 8.22. The molecule has 6 nitrogen and oxygen atoms in total. The summed E-state index contributed by atoms with van der Waals surface area (Å²) in [7, 11) is -5.34. The van der Waals surface area contributed by atoms with Crippen LogP contribution < -0.4 is 15.8 Å². The van der Waals surface area contributed by atoms with Crippen molar-refractivity contribution >= 4 is 15.8 Å². The van der Waals surface area contributed by atoms with Crippen molar-refractivity contribution in [3.05, 3.63) is 24.3 Å². The number of aliphatic imine (C=N–C) groups is 1. The van der Waals surface area contributed by atoms with E-state index in [1.54, 1.807) is 0 Å². The number of nitrogens with two attached hydrogens (primary N) is 1. The third-order valence-corrected chi connectivity index (χ3v) is 4.24. The van der Waals surface area contributed by atoms with E-state index in [9.17, 15) is 21.6 Å². The third kappa shape index (κ3) is 5.91. The van der Waals surface area contributed by atoms with E-state index in [1.807, 2.05) is 13.8 Å². The van der Waals surface area contributed by atoms with Gasteiger partial charge in [0.1, 0.15) is 12.4 Å². The second-order valence-corrected chi connectivity index (χ2v) is 7.26. The van der Waals surface area contributed by atoms with Crippen molar-refractivity contribution in [2.24, 2.45) is 16.6 Å². The van der Waals surface area contributed by atoms with E-state index in [1.165, 1.54) is 0 Å². The fraction of sp³-hybridized carbons (Fsp3) is 0.500. The van der Waals surface area contributed by atoms with Crippen LogP contribution in [0, 0.1) is 5.92 Å². The minimum Gasteiger partial charge on any atom is -0.492 e. The van der Waals surface area contributed by atoms with Crippen molar-refractivity contribution in [1.29, 1.82) is 0 Å². The fourth-order valence-corrected chi connectivity index (χ4v) is 2.30. The maximum absolute atomic E-state index is 12.4. The molecule has 0 spiro atoms. The number of ether oxygens (including phenoxy) is 1. The number of guanidine groups is 1. The Morgan fingerprint density at radius 3 is 2.38 bits per heavy atom. The van der Waals surface area contributed by atoms with Crippen LogP contribution in [-0.2, 0) is 9.84 Å². The predicted octanol–water partition coefficient (Wildman–Crippen LogP) is 1.92. The normalized spacial score (nSPS) is 13.2. The van der Waals surface area contributed by atoms with Crippen molar-refractivity contribution in [1.82, 2.24) is 5.32 Å². The van der Waals surface area contributed by atoms with E-state index in [4.69, 9.17) is 10.5 Å². The molecule has 0 aromatic heterocycles. The summed E-state index contributed by atoms with van der Waals surface area (Å²) in [6.07, 6.45) is 0. The number of halogens is 3. The fourth-order valence-electron chi connectivity index (χ4n) is 1.53. The second-order valence-electron chi connectivity index (χ2n) is 5.32.